The summed E-state index contributed by atoms with van der Waals surface area (Å²) in [6, 6.07) is 110. The van der Waals surface area contributed by atoms with Crippen LogP contribution in [0.4, 0.5) is 17.1 Å². The van der Waals surface area contributed by atoms with Crippen molar-refractivity contribution in [1.82, 2.24) is 0 Å². The zero-order valence-electron chi connectivity index (χ0n) is 41.7. The van der Waals surface area contributed by atoms with Crippen molar-refractivity contribution >= 4 is 38.6 Å². The molecule has 0 unspecified atom stereocenters. The predicted octanol–water partition coefficient (Wildman–Crippen LogP) is 20.1. The Hall–Kier alpha value is -9.82. The van der Waals surface area contributed by atoms with Crippen molar-refractivity contribution in [3.63, 3.8) is 0 Å². The van der Waals surface area contributed by atoms with E-state index in [2.05, 4.69) is 302 Å². The van der Waals surface area contributed by atoms with Crippen LogP contribution in [0.15, 0.2) is 297 Å². The summed E-state index contributed by atoms with van der Waals surface area (Å²) >= 11 is 0. The Morgan fingerprint density at radius 1 is 0.211 bits per heavy atom. The summed E-state index contributed by atoms with van der Waals surface area (Å²) in [4.78, 5) is 2.58. The Labute approximate surface area is 443 Å². The molecule has 15 rings (SSSR count). The first-order valence-electron chi connectivity index (χ1n) is 26.4. The van der Waals surface area contributed by atoms with Gasteiger partial charge in [-0.25, -0.2) is 0 Å². The Morgan fingerprint density at radius 2 is 0.592 bits per heavy atom. The van der Waals surface area contributed by atoms with Crippen molar-refractivity contribution in [1.29, 1.82) is 0 Å². The average Bonchev–Trinajstić information content (AvgIpc) is 4.20. The molecule has 1 spiro atoms. The molecule has 76 heavy (non-hydrogen) atoms. The second kappa shape index (κ2) is 17.7. The van der Waals surface area contributed by atoms with E-state index >= 15 is 0 Å². The van der Waals surface area contributed by atoms with Crippen LogP contribution in [0.25, 0.3) is 99.4 Å². The molecule has 0 saturated heterocycles. The minimum Gasteiger partial charge on any atom is -0.309 e. The third-order valence-corrected chi connectivity index (χ3v) is 16.3. The van der Waals surface area contributed by atoms with Gasteiger partial charge in [-0.05, 0) is 141 Å². The van der Waals surface area contributed by atoms with Gasteiger partial charge < -0.3 is 4.90 Å². The molecule has 0 radical (unpaired) electrons. The molecule has 0 aliphatic heterocycles. The van der Waals surface area contributed by atoms with Gasteiger partial charge in [-0.15, -0.1) is 0 Å². The van der Waals surface area contributed by atoms with Crippen LogP contribution in [0.3, 0.4) is 0 Å². The summed E-state index contributed by atoms with van der Waals surface area (Å²) in [5, 5.41) is 4.82. The molecule has 0 amide bonds. The number of hydrogen-bond donors (Lipinski definition) is 0. The van der Waals surface area contributed by atoms with Gasteiger partial charge in [0.05, 0.1) is 11.1 Å². The monoisotopic (exact) mass is 963 g/mol. The molecule has 0 heterocycles. The lowest BCUT2D eigenvalue weighted by atomic mass is 9.70. The fraction of sp³-hybridized carbons (Fsp3) is 0.0133. The van der Waals surface area contributed by atoms with Crippen molar-refractivity contribution < 1.29 is 0 Å². The first kappa shape index (κ1) is 43.7. The van der Waals surface area contributed by atoms with Crippen LogP contribution < -0.4 is 4.90 Å². The van der Waals surface area contributed by atoms with E-state index in [-0.39, 0.29) is 0 Å². The lowest BCUT2D eigenvalue weighted by Gasteiger charge is -2.34. The van der Waals surface area contributed by atoms with E-state index in [9.17, 15) is 0 Å². The minimum absolute atomic E-state index is 0.517. The molecule has 0 bridgehead atoms. The molecular formula is C75H49N. The van der Waals surface area contributed by atoms with Crippen LogP contribution in [0.1, 0.15) is 22.3 Å². The third kappa shape index (κ3) is 6.66. The SMILES string of the molecule is c1ccc(-c2ccc(-c3ccccc3)c(-c3ccc(N(c4ccc5c(c4)C4(c6ccccc6-c6ccccc64)c4ccccc4-5)c4c(-c5ccccc5-c5ccccc5)c5ccccc5c5ccccc45)cc3)c2)cc1. The van der Waals surface area contributed by atoms with Gasteiger partial charge in [0.2, 0.25) is 0 Å². The Balaban J connectivity index is 1.03. The Kier molecular flexibility index (Phi) is 10.2. The maximum absolute atomic E-state index is 2.58. The number of fused-ring (bicyclic) bond motifs is 13. The molecule has 13 aromatic rings. The zero-order valence-corrected chi connectivity index (χ0v) is 41.7. The molecule has 2 aliphatic rings. The lowest BCUT2D eigenvalue weighted by Crippen LogP contribution is -2.26. The summed E-state index contributed by atoms with van der Waals surface area (Å²) in [7, 11) is 0. The Morgan fingerprint density at radius 3 is 1.17 bits per heavy atom. The first-order chi connectivity index (χ1) is 37.7. The van der Waals surface area contributed by atoms with E-state index in [0.29, 0.717) is 0 Å². The molecule has 0 saturated carbocycles. The molecule has 1 heteroatoms. The van der Waals surface area contributed by atoms with Crippen molar-refractivity contribution in [2.24, 2.45) is 0 Å². The molecule has 0 N–H and O–H groups in total. The average molecular weight is 964 g/mol. The van der Waals surface area contributed by atoms with E-state index < -0.39 is 5.41 Å². The smallest absolute Gasteiger partial charge is 0.0726 e. The van der Waals surface area contributed by atoms with Crippen LogP contribution >= 0.6 is 0 Å². The molecular weight excluding hydrogens is 915 g/mol. The van der Waals surface area contributed by atoms with Crippen molar-refractivity contribution in [2.75, 3.05) is 4.90 Å². The highest BCUT2D eigenvalue weighted by molar-refractivity contribution is 6.23. The Bertz CT molecular complexity index is 4320. The molecule has 0 aromatic heterocycles. The van der Waals surface area contributed by atoms with Crippen LogP contribution in [0.5, 0.6) is 0 Å². The van der Waals surface area contributed by atoms with Crippen molar-refractivity contribution in [2.45, 2.75) is 5.41 Å². The fourth-order valence-electron chi connectivity index (χ4n) is 13.1. The standard InChI is InChI=1S/C75H49N/c1-4-22-50(23-5-1)54-42-46-58(52-26-8-3-9-27-52)68(48-54)53-40-43-55(44-41-53)76(56-45-47-64-63-33-18-21-39-71(63)75(72(64)49-56)69-37-19-16-31-61(69)62-32-17-20-38-70(62)75)74-67-36-15-12-30-60(67)59-29-11-14-35-66(59)73(74)65-34-13-10-28-57(65)51-24-6-2-7-25-51/h1-49H. The number of benzene rings is 13. The molecule has 1 nitrogen and oxygen atoms in total. The lowest BCUT2D eigenvalue weighted by molar-refractivity contribution is 0.793. The highest BCUT2D eigenvalue weighted by Gasteiger charge is 2.51. The highest BCUT2D eigenvalue weighted by atomic mass is 15.1. The van der Waals surface area contributed by atoms with Gasteiger partial charge in [-0.1, -0.05) is 267 Å². The molecule has 0 fully saturated rings. The van der Waals surface area contributed by atoms with Crippen LogP contribution in [0.2, 0.25) is 0 Å². The minimum atomic E-state index is -0.517. The maximum atomic E-state index is 2.58. The maximum Gasteiger partial charge on any atom is 0.0726 e. The van der Waals surface area contributed by atoms with E-state index in [1.807, 2.05) is 0 Å². The number of hydrogen-bond acceptors (Lipinski definition) is 1. The van der Waals surface area contributed by atoms with E-state index in [1.54, 1.807) is 0 Å². The fourth-order valence-corrected chi connectivity index (χ4v) is 13.1. The quantitative estimate of drug-likeness (QED) is 0.137. The molecule has 13 aromatic carbocycles. The van der Waals surface area contributed by atoms with Crippen LogP contribution in [-0.2, 0) is 5.41 Å². The van der Waals surface area contributed by atoms with Gasteiger partial charge in [0.1, 0.15) is 0 Å². The van der Waals surface area contributed by atoms with Crippen LogP contribution in [-0.4, -0.2) is 0 Å². The summed E-state index contributed by atoms with van der Waals surface area (Å²) in [5.74, 6) is 0. The molecule has 0 atom stereocenters. The third-order valence-electron chi connectivity index (χ3n) is 16.3. The van der Waals surface area contributed by atoms with Gasteiger partial charge in [0.25, 0.3) is 0 Å². The van der Waals surface area contributed by atoms with Crippen molar-refractivity contribution in [3.8, 4) is 77.9 Å². The summed E-state index contributed by atoms with van der Waals surface area (Å²) in [6.07, 6.45) is 0. The van der Waals surface area contributed by atoms with Gasteiger partial charge in [-0.3, -0.25) is 0 Å². The second-order valence-electron chi connectivity index (χ2n) is 20.2. The number of nitrogens with zero attached hydrogens (tertiary/aromatic N) is 1. The van der Waals surface area contributed by atoms with Gasteiger partial charge in [0, 0.05) is 22.3 Å². The highest BCUT2D eigenvalue weighted by Crippen LogP contribution is 2.64. The van der Waals surface area contributed by atoms with Crippen molar-refractivity contribution in [3.05, 3.63) is 320 Å². The second-order valence-corrected chi connectivity index (χ2v) is 20.2. The van der Waals surface area contributed by atoms with E-state index in [0.717, 1.165) is 22.6 Å². The largest absolute Gasteiger partial charge is 0.309 e. The number of anilines is 3. The van der Waals surface area contributed by atoms with E-state index in [4.69, 9.17) is 0 Å². The summed E-state index contributed by atoms with van der Waals surface area (Å²) < 4.78 is 0. The normalized spacial score (nSPS) is 12.6. The summed E-state index contributed by atoms with van der Waals surface area (Å²) in [5.41, 5.74) is 25.1. The van der Waals surface area contributed by atoms with E-state index in [1.165, 1.54) is 116 Å². The zero-order chi connectivity index (χ0) is 50.2. The predicted molar refractivity (Wildman–Crippen MR) is 320 cm³/mol. The molecule has 354 valence electrons. The van der Waals surface area contributed by atoms with Gasteiger partial charge in [0.15, 0.2) is 0 Å². The number of rotatable bonds is 8. The molecule has 2 aliphatic carbocycles. The van der Waals surface area contributed by atoms with Crippen LogP contribution in [0, 0.1) is 0 Å². The topological polar surface area (TPSA) is 3.24 Å². The van der Waals surface area contributed by atoms with Gasteiger partial charge in [-0.2, -0.15) is 0 Å². The first-order valence-corrected chi connectivity index (χ1v) is 26.4. The van der Waals surface area contributed by atoms with Gasteiger partial charge >= 0.3 is 0 Å². The summed E-state index contributed by atoms with van der Waals surface area (Å²) in [6.45, 7) is 0.